The third-order valence-electron chi connectivity index (χ3n) is 5.87. The molecule has 2 aliphatic rings. The van der Waals surface area contributed by atoms with Gasteiger partial charge in [0.05, 0.1) is 16.2 Å². The molecule has 34 heavy (non-hydrogen) atoms. The monoisotopic (exact) mass is 493 g/mol. The molecular weight excluding hydrogens is 466 g/mol. The fourth-order valence-electron chi connectivity index (χ4n) is 4.09. The molecule has 8 heteroatoms. The van der Waals surface area contributed by atoms with Gasteiger partial charge in [0.25, 0.3) is 11.8 Å². The molecule has 2 heterocycles. The van der Waals surface area contributed by atoms with Crippen molar-refractivity contribution < 1.29 is 14.4 Å². The number of benzene rings is 2. The van der Waals surface area contributed by atoms with Crippen molar-refractivity contribution in [1.82, 2.24) is 10.2 Å². The Bertz CT molecular complexity index is 1150. The SMILES string of the molecule is CCCCCCN1C(=O)C(=C2C(=O)N(CC(=O)NCc3ccccc3)c3ccccc32)SC1=S. The average molecular weight is 494 g/mol. The van der Waals surface area contributed by atoms with Crippen LogP contribution in [0.25, 0.3) is 5.57 Å². The summed E-state index contributed by atoms with van der Waals surface area (Å²) in [5.41, 5.74) is 2.60. The number of carbonyl (C=O) groups excluding carboxylic acids is 3. The van der Waals surface area contributed by atoms with E-state index in [1.165, 1.54) is 16.7 Å². The number of nitrogens with zero attached hydrogens (tertiary/aromatic N) is 2. The van der Waals surface area contributed by atoms with Gasteiger partial charge in [-0.15, -0.1) is 0 Å². The number of nitrogens with one attached hydrogen (secondary N) is 1. The summed E-state index contributed by atoms with van der Waals surface area (Å²) in [6.07, 6.45) is 4.14. The molecule has 2 aromatic carbocycles. The van der Waals surface area contributed by atoms with Gasteiger partial charge in [-0.2, -0.15) is 0 Å². The summed E-state index contributed by atoms with van der Waals surface area (Å²) in [6.45, 7) is 2.96. The second kappa shape index (κ2) is 11.0. The minimum atomic E-state index is -0.345. The van der Waals surface area contributed by atoms with Gasteiger partial charge in [0, 0.05) is 18.7 Å². The Morgan fingerprint density at radius 2 is 1.68 bits per heavy atom. The minimum Gasteiger partial charge on any atom is -0.350 e. The predicted molar refractivity (Wildman–Crippen MR) is 140 cm³/mol. The van der Waals surface area contributed by atoms with Gasteiger partial charge >= 0.3 is 0 Å². The molecule has 0 atom stereocenters. The van der Waals surface area contributed by atoms with E-state index in [0.29, 0.717) is 39.1 Å². The summed E-state index contributed by atoms with van der Waals surface area (Å²) >= 11 is 6.65. The standard InChI is InChI=1S/C26H27N3O3S2/c1-2-3-4-10-15-28-25(32)23(34-26(28)33)22-19-13-8-9-14-20(19)29(24(22)31)17-21(30)27-16-18-11-6-5-7-12-18/h5-9,11-14H,2-4,10,15-17H2,1H3,(H,27,30). The van der Waals surface area contributed by atoms with Crippen LogP contribution in [0.1, 0.15) is 43.7 Å². The van der Waals surface area contributed by atoms with Crippen LogP contribution in [0.4, 0.5) is 5.69 Å². The van der Waals surface area contributed by atoms with Gasteiger partial charge in [-0.1, -0.05) is 98.7 Å². The molecular formula is C26H27N3O3S2. The van der Waals surface area contributed by atoms with Gasteiger partial charge in [0.2, 0.25) is 5.91 Å². The number of carbonyl (C=O) groups is 3. The van der Waals surface area contributed by atoms with Crippen LogP contribution < -0.4 is 10.2 Å². The molecule has 0 aliphatic carbocycles. The van der Waals surface area contributed by atoms with Crippen molar-refractivity contribution in [2.45, 2.75) is 39.2 Å². The zero-order chi connectivity index (χ0) is 24.1. The highest BCUT2D eigenvalue weighted by molar-refractivity contribution is 8.26. The van der Waals surface area contributed by atoms with Crippen LogP contribution in [0.5, 0.6) is 0 Å². The Morgan fingerprint density at radius 3 is 2.44 bits per heavy atom. The molecule has 0 saturated carbocycles. The highest BCUT2D eigenvalue weighted by atomic mass is 32.2. The van der Waals surface area contributed by atoms with Crippen LogP contribution in [-0.2, 0) is 20.9 Å². The molecule has 0 bridgehead atoms. The number of para-hydroxylation sites is 1. The van der Waals surface area contributed by atoms with Gasteiger partial charge < -0.3 is 5.32 Å². The number of thioether (sulfide) groups is 1. The van der Waals surface area contributed by atoms with E-state index in [-0.39, 0.29) is 24.3 Å². The van der Waals surface area contributed by atoms with Crippen molar-refractivity contribution in [1.29, 1.82) is 0 Å². The predicted octanol–water partition coefficient (Wildman–Crippen LogP) is 4.50. The number of unbranched alkanes of at least 4 members (excludes halogenated alkanes) is 3. The summed E-state index contributed by atoms with van der Waals surface area (Å²) in [6, 6.07) is 16.9. The van der Waals surface area contributed by atoms with E-state index >= 15 is 0 Å². The smallest absolute Gasteiger partial charge is 0.267 e. The Morgan fingerprint density at radius 1 is 0.941 bits per heavy atom. The number of anilines is 1. The van der Waals surface area contributed by atoms with Crippen LogP contribution in [0.3, 0.4) is 0 Å². The third kappa shape index (κ3) is 5.08. The first-order valence-electron chi connectivity index (χ1n) is 11.5. The van der Waals surface area contributed by atoms with Crippen LogP contribution in [0, 0.1) is 0 Å². The zero-order valence-corrected chi connectivity index (χ0v) is 20.7. The fourth-order valence-corrected chi connectivity index (χ4v) is 5.47. The van der Waals surface area contributed by atoms with Crippen molar-refractivity contribution in [2.24, 2.45) is 0 Å². The molecule has 0 aromatic heterocycles. The fraction of sp³-hybridized carbons (Fsp3) is 0.308. The normalized spacial score (nSPS) is 17.5. The largest absolute Gasteiger partial charge is 0.350 e. The van der Waals surface area contributed by atoms with E-state index in [4.69, 9.17) is 12.2 Å². The van der Waals surface area contributed by atoms with Gasteiger partial charge in [0.15, 0.2) is 0 Å². The van der Waals surface area contributed by atoms with Gasteiger partial charge in [-0.25, -0.2) is 0 Å². The Labute approximate surface area is 209 Å². The maximum Gasteiger partial charge on any atom is 0.267 e. The molecule has 1 N–H and O–H groups in total. The summed E-state index contributed by atoms with van der Waals surface area (Å²) in [5, 5.41) is 2.87. The maximum absolute atomic E-state index is 13.5. The topological polar surface area (TPSA) is 69.7 Å². The third-order valence-corrected chi connectivity index (χ3v) is 7.32. The average Bonchev–Trinajstić information content (AvgIpc) is 3.28. The first kappa shape index (κ1) is 24.2. The van der Waals surface area contributed by atoms with Crippen molar-refractivity contribution in [3.8, 4) is 0 Å². The van der Waals surface area contributed by atoms with Crippen LogP contribution in [0.15, 0.2) is 59.5 Å². The van der Waals surface area contributed by atoms with Gasteiger partial charge in [0.1, 0.15) is 10.9 Å². The van der Waals surface area contributed by atoms with Crippen molar-refractivity contribution in [3.63, 3.8) is 0 Å². The zero-order valence-electron chi connectivity index (χ0n) is 19.1. The lowest BCUT2D eigenvalue weighted by atomic mass is 10.1. The highest BCUT2D eigenvalue weighted by Crippen LogP contribution is 2.44. The van der Waals surface area contributed by atoms with Gasteiger partial charge in [-0.05, 0) is 18.1 Å². The second-order valence-corrected chi connectivity index (χ2v) is 9.90. The maximum atomic E-state index is 13.5. The summed E-state index contributed by atoms with van der Waals surface area (Å²) in [5.74, 6) is -0.834. The summed E-state index contributed by atoms with van der Waals surface area (Å²) < 4.78 is 0.480. The lowest BCUT2D eigenvalue weighted by molar-refractivity contribution is -0.122. The molecule has 4 rings (SSSR count). The van der Waals surface area contributed by atoms with Crippen molar-refractivity contribution in [3.05, 3.63) is 70.6 Å². The molecule has 3 amide bonds. The molecule has 6 nitrogen and oxygen atoms in total. The number of amides is 3. The van der Waals surface area contributed by atoms with E-state index in [9.17, 15) is 14.4 Å². The van der Waals surface area contributed by atoms with E-state index in [0.717, 1.165) is 31.2 Å². The molecule has 1 fully saturated rings. The van der Waals surface area contributed by atoms with Crippen molar-refractivity contribution in [2.75, 3.05) is 18.0 Å². The van der Waals surface area contributed by atoms with Crippen LogP contribution in [-0.4, -0.2) is 40.0 Å². The Kier molecular flexibility index (Phi) is 7.80. The number of hydrogen-bond acceptors (Lipinski definition) is 5. The number of fused-ring (bicyclic) bond motifs is 1. The Hall–Kier alpha value is -2.97. The molecule has 0 radical (unpaired) electrons. The number of hydrogen-bond donors (Lipinski definition) is 1. The van der Waals surface area contributed by atoms with Crippen molar-refractivity contribution >= 4 is 57.3 Å². The van der Waals surface area contributed by atoms with E-state index in [1.54, 1.807) is 11.0 Å². The number of rotatable bonds is 9. The van der Waals surface area contributed by atoms with Crippen LogP contribution in [0.2, 0.25) is 0 Å². The molecule has 2 aliphatic heterocycles. The second-order valence-electron chi connectivity index (χ2n) is 8.26. The quantitative estimate of drug-likeness (QED) is 0.316. The Balaban J connectivity index is 1.53. The highest BCUT2D eigenvalue weighted by Gasteiger charge is 2.42. The molecule has 176 valence electrons. The lowest BCUT2D eigenvalue weighted by Gasteiger charge is -2.17. The first-order chi connectivity index (χ1) is 16.5. The molecule has 1 saturated heterocycles. The lowest BCUT2D eigenvalue weighted by Crippen LogP contribution is -2.38. The van der Waals surface area contributed by atoms with E-state index < -0.39 is 0 Å². The summed E-state index contributed by atoms with van der Waals surface area (Å²) in [7, 11) is 0. The first-order valence-corrected chi connectivity index (χ1v) is 12.7. The van der Waals surface area contributed by atoms with Crippen LogP contribution >= 0.6 is 24.0 Å². The minimum absolute atomic E-state index is 0.122. The molecule has 0 spiro atoms. The summed E-state index contributed by atoms with van der Waals surface area (Å²) in [4.78, 5) is 42.8. The number of thiocarbonyl (C=S) groups is 1. The van der Waals surface area contributed by atoms with E-state index in [2.05, 4.69) is 12.2 Å². The van der Waals surface area contributed by atoms with E-state index in [1.807, 2.05) is 48.5 Å². The molecule has 0 unspecified atom stereocenters. The van der Waals surface area contributed by atoms with Gasteiger partial charge in [-0.3, -0.25) is 24.2 Å². The molecule has 2 aromatic rings.